The maximum Gasteiger partial charge on any atom is 0.282 e. The van der Waals surface area contributed by atoms with Crippen LogP contribution in [0.25, 0.3) is 0 Å². The summed E-state index contributed by atoms with van der Waals surface area (Å²) in [5, 5.41) is 0. The molecule has 0 nitrogen and oxygen atoms in total. The zero-order chi connectivity index (χ0) is 8.91. The summed E-state index contributed by atoms with van der Waals surface area (Å²) in [7, 11) is 0. The number of hydrogen-bond donors (Lipinski definition) is 0. The topological polar surface area (TPSA) is 0 Å². The van der Waals surface area contributed by atoms with Crippen LogP contribution in [-0.4, -0.2) is 18.8 Å². The second-order valence-corrected chi connectivity index (χ2v) is 2.20. The van der Waals surface area contributed by atoms with Crippen molar-refractivity contribution >= 4 is 0 Å². The van der Waals surface area contributed by atoms with Gasteiger partial charge in [-0.1, -0.05) is 6.08 Å². The lowest BCUT2D eigenvalue weighted by atomic mass is 10.1. The molecule has 0 heterocycles. The molecule has 0 aliphatic heterocycles. The summed E-state index contributed by atoms with van der Waals surface area (Å²) < 4.78 is 48.5. The molecule has 0 aromatic rings. The first kappa shape index (κ1) is 10.5. The Morgan fingerprint density at radius 1 is 1.45 bits per heavy atom. The van der Waals surface area contributed by atoms with Gasteiger partial charge in [0.2, 0.25) is 0 Å². The number of rotatable bonds is 5. The van der Waals surface area contributed by atoms with E-state index in [0.717, 1.165) is 6.08 Å². The second kappa shape index (κ2) is 4.36. The van der Waals surface area contributed by atoms with Crippen LogP contribution >= 0.6 is 0 Å². The highest BCUT2D eigenvalue weighted by Crippen LogP contribution is 2.27. The fourth-order valence-corrected chi connectivity index (χ4v) is 0.627. The lowest BCUT2D eigenvalue weighted by Crippen LogP contribution is -2.29. The number of alkyl halides is 4. The maximum absolute atomic E-state index is 12.4. The third-order valence-corrected chi connectivity index (χ3v) is 1.24. The van der Waals surface area contributed by atoms with Gasteiger partial charge in [0.05, 0.1) is 6.67 Å². The Hall–Kier alpha value is -0.540. The molecule has 0 spiro atoms. The summed E-state index contributed by atoms with van der Waals surface area (Å²) in [6.07, 6.45) is -2.97. The highest BCUT2D eigenvalue weighted by atomic mass is 19.3. The van der Waals surface area contributed by atoms with Crippen molar-refractivity contribution in [1.82, 2.24) is 0 Å². The van der Waals surface area contributed by atoms with Crippen LogP contribution < -0.4 is 0 Å². The normalized spacial score (nSPS) is 14.5. The molecule has 0 N–H and O–H groups in total. The third kappa shape index (κ3) is 3.39. The molecule has 0 rings (SSSR count). The standard InChI is InChI=1S/C7H10F4/c1-2-4-7(10,11)6(9)3-5-8/h2,6H,1,3-5H2. The quantitative estimate of drug-likeness (QED) is 0.439. The maximum atomic E-state index is 12.4. The van der Waals surface area contributed by atoms with E-state index in [9.17, 15) is 17.6 Å². The minimum Gasteiger partial charge on any atom is -0.251 e. The molecule has 0 amide bonds. The Morgan fingerprint density at radius 2 is 2.00 bits per heavy atom. The Kier molecular flexibility index (Phi) is 4.15. The van der Waals surface area contributed by atoms with Gasteiger partial charge in [-0.05, 0) is 0 Å². The SMILES string of the molecule is C=CCC(F)(F)C(F)CCF. The molecule has 0 bridgehead atoms. The number of allylic oxidation sites excluding steroid dienone is 1. The first-order valence-corrected chi connectivity index (χ1v) is 3.23. The van der Waals surface area contributed by atoms with Gasteiger partial charge >= 0.3 is 0 Å². The molecule has 0 aliphatic rings. The van der Waals surface area contributed by atoms with Crippen LogP contribution in [0.5, 0.6) is 0 Å². The van der Waals surface area contributed by atoms with Gasteiger partial charge in [-0.2, -0.15) is 0 Å². The van der Waals surface area contributed by atoms with Crippen LogP contribution in [0.1, 0.15) is 12.8 Å². The average Bonchev–Trinajstić information content (AvgIpc) is 1.88. The van der Waals surface area contributed by atoms with Gasteiger partial charge in [-0.15, -0.1) is 6.58 Å². The van der Waals surface area contributed by atoms with Crippen LogP contribution in [0.2, 0.25) is 0 Å². The molecule has 11 heavy (non-hydrogen) atoms. The molecule has 0 saturated heterocycles. The molecule has 4 heteroatoms. The molecule has 0 radical (unpaired) electrons. The molecule has 0 saturated carbocycles. The molecule has 0 aromatic carbocycles. The smallest absolute Gasteiger partial charge is 0.251 e. The summed E-state index contributed by atoms with van der Waals surface area (Å²) in [6, 6.07) is 0. The van der Waals surface area contributed by atoms with Gasteiger partial charge in [0.1, 0.15) is 0 Å². The first-order valence-electron chi connectivity index (χ1n) is 3.23. The van der Waals surface area contributed by atoms with Crippen LogP contribution in [-0.2, 0) is 0 Å². The van der Waals surface area contributed by atoms with E-state index in [1.807, 2.05) is 0 Å². The van der Waals surface area contributed by atoms with Crippen molar-refractivity contribution in [3.05, 3.63) is 12.7 Å². The molecule has 0 fully saturated rings. The van der Waals surface area contributed by atoms with Crippen molar-refractivity contribution < 1.29 is 17.6 Å². The molecular weight excluding hydrogens is 160 g/mol. The van der Waals surface area contributed by atoms with E-state index in [4.69, 9.17) is 0 Å². The lowest BCUT2D eigenvalue weighted by molar-refractivity contribution is -0.0733. The highest BCUT2D eigenvalue weighted by molar-refractivity contribution is 4.84. The van der Waals surface area contributed by atoms with Gasteiger partial charge in [-0.25, -0.2) is 13.2 Å². The van der Waals surface area contributed by atoms with Gasteiger partial charge in [0.25, 0.3) is 5.92 Å². The molecular formula is C7H10F4. The minimum atomic E-state index is -3.46. The van der Waals surface area contributed by atoms with Gasteiger partial charge in [0, 0.05) is 12.8 Å². The van der Waals surface area contributed by atoms with E-state index < -0.39 is 31.6 Å². The Bertz CT molecular complexity index is 122. The van der Waals surface area contributed by atoms with Crippen molar-refractivity contribution in [3.63, 3.8) is 0 Å². The lowest BCUT2D eigenvalue weighted by Gasteiger charge is -2.17. The number of hydrogen-bond acceptors (Lipinski definition) is 0. The molecule has 0 aromatic heterocycles. The largest absolute Gasteiger partial charge is 0.282 e. The van der Waals surface area contributed by atoms with E-state index in [2.05, 4.69) is 6.58 Å². The second-order valence-electron chi connectivity index (χ2n) is 2.20. The van der Waals surface area contributed by atoms with E-state index in [-0.39, 0.29) is 0 Å². The van der Waals surface area contributed by atoms with E-state index in [0.29, 0.717) is 0 Å². The molecule has 1 unspecified atom stereocenters. The predicted octanol–water partition coefficient (Wildman–Crippen LogP) is 2.90. The van der Waals surface area contributed by atoms with Gasteiger partial charge < -0.3 is 0 Å². The number of halogens is 4. The van der Waals surface area contributed by atoms with Crippen molar-refractivity contribution in [3.8, 4) is 0 Å². The van der Waals surface area contributed by atoms with Crippen molar-refractivity contribution in [2.24, 2.45) is 0 Å². The van der Waals surface area contributed by atoms with Crippen LogP contribution in [0.3, 0.4) is 0 Å². The summed E-state index contributed by atoms with van der Waals surface area (Å²) in [5.41, 5.74) is 0. The summed E-state index contributed by atoms with van der Waals surface area (Å²) >= 11 is 0. The Balaban J connectivity index is 3.93. The van der Waals surface area contributed by atoms with Gasteiger partial charge in [0.15, 0.2) is 6.17 Å². The van der Waals surface area contributed by atoms with Crippen molar-refractivity contribution in [1.29, 1.82) is 0 Å². The van der Waals surface area contributed by atoms with Crippen LogP contribution in [0, 0.1) is 0 Å². The van der Waals surface area contributed by atoms with E-state index >= 15 is 0 Å². The van der Waals surface area contributed by atoms with Crippen LogP contribution in [0.15, 0.2) is 12.7 Å². The zero-order valence-corrected chi connectivity index (χ0v) is 5.99. The fourth-order valence-electron chi connectivity index (χ4n) is 0.627. The predicted molar refractivity (Wildman–Crippen MR) is 35.2 cm³/mol. The average molecular weight is 170 g/mol. The van der Waals surface area contributed by atoms with Crippen molar-refractivity contribution in [2.75, 3.05) is 6.67 Å². The minimum absolute atomic E-state index is 0.742. The van der Waals surface area contributed by atoms with E-state index in [1.165, 1.54) is 0 Å². The fraction of sp³-hybridized carbons (Fsp3) is 0.714. The van der Waals surface area contributed by atoms with E-state index in [1.54, 1.807) is 0 Å². The summed E-state index contributed by atoms with van der Waals surface area (Å²) in [6.45, 7) is 1.99. The summed E-state index contributed by atoms with van der Waals surface area (Å²) in [4.78, 5) is 0. The first-order chi connectivity index (χ1) is 5.04. The highest BCUT2D eigenvalue weighted by Gasteiger charge is 2.37. The van der Waals surface area contributed by atoms with Crippen molar-refractivity contribution in [2.45, 2.75) is 24.9 Å². The monoisotopic (exact) mass is 170 g/mol. The Labute approximate surface area is 62.9 Å². The third-order valence-electron chi connectivity index (χ3n) is 1.24. The van der Waals surface area contributed by atoms with Crippen LogP contribution in [0.4, 0.5) is 17.6 Å². The van der Waals surface area contributed by atoms with Gasteiger partial charge in [-0.3, -0.25) is 4.39 Å². The summed E-state index contributed by atoms with van der Waals surface area (Å²) in [5.74, 6) is -3.46. The molecule has 66 valence electrons. The Morgan fingerprint density at radius 3 is 2.36 bits per heavy atom. The molecule has 1 atom stereocenters. The zero-order valence-electron chi connectivity index (χ0n) is 5.99. The molecule has 0 aliphatic carbocycles.